The number of halogens is 3. The van der Waals surface area contributed by atoms with E-state index >= 15 is 0 Å². The van der Waals surface area contributed by atoms with Crippen molar-refractivity contribution in [2.75, 3.05) is 11.9 Å². The number of alkyl halides is 3. The van der Waals surface area contributed by atoms with Gasteiger partial charge in [-0.2, -0.15) is 13.2 Å². The predicted octanol–water partition coefficient (Wildman–Crippen LogP) is 2.90. The van der Waals surface area contributed by atoms with E-state index in [1.54, 1.807) is 0 Å². The Hall–Kier alpha value is -1.57. The summed E-state index contributed by atoms with van der Waals surface area (Å²) < 4.78 is 42.2. The van der Waals surface area contributed by atoms with Crippen LogP contribution in [-0.4, -0.2) is 18.5 Å². The van der Waals surface area contributed by atoms with Crippen LogP contribution in [0, 0.1) is 0 Å². The molecule has 0 aromatic carbocycles. The zero-order chi connectivity index (χ0) is 13.9. The van der Waals surface area contributed by atoms with Crippen molar-refractivity contribution in [2.24, 2.45) is 0 Å². The number of anilines is 1. The molecule has 0 atom stereocenters. The summed E-state index contributed by atoms with van der Waals surface area (Å²) in [6, 6.07) is 0.675. The molecule has 0 aliphatic heterocycles. The summed E-state index contributed by atoms with van der Waals surface area (Å²) >= 11 is 0.291. The molecule has 0 aliphatic carbocycles. The van der Waals surface area contributed by atoms with Crippen LogP contribution in [0.15, 0.2) is 6.07 Å². The second-order valence-corrected chi connectivity index (χ2v) is 4.31. The first-order valence-corrected chi connectivity index (χ1v) is 5.73. The van der Waals surface area contributed by atoms with Gasteiger partial charge in [-0.25, -0.2) is 4.79 Å². The fraction of sp³-hybridized carbons (Fsp3) is 0.400. The third kappa shape index (κ3) is 3.46. The van der Waals surface area contributed by atoms with E-state index in [0.717, 1.165) is 6.92 Å². The molecule has 0 aliphatic rings. The number of hydrogen-bond donors (Lipinski definition) is 1. The fourth-order valence-corrected chi connectivity index (χ4v) is 2.10. The Morgan fingerprint density at radius 1 is 1.44 bits per heavy atom. The third-order valence-electron chi connectivity index (χ3n) is 1.80. The maximum absolute atomic E-state index is 12.5. The highest BCUT2D eigenvalue weighted by Crippen LogP contribution is 2.39. The normalized spacial score (nSPS) is 11.2. The van der Waals surface area contributed by atoms with Gasteiger partial charge in [0.1, 0.15) is 9.88 Å². The van der Waals surface area contributed by atoms with Gasteiger partial charge in [0.25, 0.3) is 0 Å². The van der Waals surface area contributed by atoms with Crippen molar-refractivity contribution in [3.63, 3.8) is 0 Å². The number of esters is 1. The highest BCUT2D eigenvalue weighted by molar-refractivity contribution is 7.16. The van der Waals surface area contributed by atoms with Gasteiger partial charge >= 0.3 is 12.1 Å². The second-order valence-electron chi connectivity index (χ2n) is 3.25. The molecule has 1 N–H and O–H groups in total. The highest BCUT2D eigenvalue weighted by Gasteiger charge is 2.35. The Balaban J connectivity index is 3.16. The first-order valence-electron chi connectivity index (χ1n) is 4.91. The lowest BCUT2D eigenvalue weighted by Crippen LogP contribution is -2.10. The SMILES string of the molecule is CCOC(=O)c1cc(C(F)(F)F)sc1NC(C)=O. The Labute approximate surface area is 105 Å². The van der Waals surface area contributed by atoms with Crippen LogP contribution in [0.5, 0.6) is 0 Å². The molecule has 1 aromatic rings. The van der Waals surface area contributed by atoms with Crippen molar-refractivity contribution in [1.29, 1.82) is 0 Å². The van der Waals surface area contributed by atoms with Crippen molar-refractivity contribution < 1.29 is 27.5 Å². The summed E-state index contributed by atoms with van der Waals surface area (Å²) in [5.41, 5.74) is -0.288. The lowest BCUT2D eigenvalue weighted by atomic mass is 10.3. The average Bonchev–Trinajstić information content (AvgIpc) is 2.60. The van der Waals surface area contributed by atoms with Crippen LogP contribution in [-0.2, 0) is 15.7 Å². The molecule has 8 heteroatoms. The van der Waals surface area contributed by atoms with Gasteiger partial charge in [0.05, 0.1) is 12.2 Å². The predicted molar refractivity (Wildman–Crippen MR) is 59.6 cm³/mol. The zero-order valence-electron chi connectivity index (χ0n) is 9.55. The van der Waals surface area contributed by atoms with E-state index in [4.69, 9.17) is 0 Å². The second kappa shape index (κ2) is 5.38. The molecule has 0 spiro atoms. The van der Waals surface area contributed by atoms with E-state index in [2.05, 4.69) is 10.1 Å². The molecule has 4 nitrogen and oxygen atoms in total. The van der Waals surface area contributed by atoms with Crippen LogP contribution >= 0.6 is 11.3 Å². The fourth-order valence-electron chi connectivity index (χ4n) is 1.14. The molecular formula is C10H10F3NO3S. The van der Waals surface area contributed by atoms with Crippen LogP contribution in [0.3, 0.4) is 0 Å². The molecule has 0 fully saturated rings. The number of carbonyl (C=O) groups is 2. The molecule has 0 saturated carbocycles. The minimum atomic E-state index is -4.57. The Morgan fingerprint density at radius 2 is 2.06 bits per heavy atom. The minimum Gasteiger partial charge on any atom is -0.462 e. The van der Waals surface area contributed by atoms with Gasteiger partial charge in [0, 0.05) is 6.92 Å². The molecule has 0 bridgehead atoms. The molecule has 18 heavy (non-hydrogen) atoms. The van der Waals surface area contributed by atoms with Gasteiger partial charge in [0.15, 0.2) is 0 Å². The van der Waals surface area contributed by atoms with Crippen molar-refractivity contribution >= 4 is 28.2 Å². The van der Waals surface area contributed by atoms with Gasteiger partial charge in [-0.1, -0.05) is 0 Å². The average molecular weight is 281 g/mol. The first kappa shape index (κ1) is 14.5. The van der Waals surface area contributed by atoms with E-state index < -0.39 is 22.9 Å². The third-order valence-corrected chi connectivity index (χ3v) is 2.89. The molecular weight excluding hydrogens is 271 g/mol. The number of rotatable bonds is 3. The summed E-state index contributed by atoms with van der Waals surface area (Å²) in [5, 5.41) is 2.02. The van der Waals surface area contributed by atoms with Crippen LogP contribution in [0.2, 0.25) is 0 Å². The monoisotopic (exact) mass is 281 g/mol. The van der Waals surface area contributed by atoms with Crippen LogP contribution in [0.25, 0.3) is 0 Å². The smallest absolute Gasteiger partial charge is 0.425 e. The number of nitrogens with one attached hydrogen (secondary N) is 1. The molecule has 1 amide bonds. The Kier molecular flexibility index (Phi) is 4.33. The first-order chi connectivity index (χ1) is 8.25. The van der Waals surface area contributed by atoms with Gasteiger partial charge in [0.2, 0.25) is 5.91 Å². The lowest BCUT2D eigenvalue weighted by molar-refractivity contribution is -0.134. The topological polar surface area (TPSA) is 55.4 Å². The number of hydrogen-bond acceptors (Lipinski definition) is 4. The van der Waals surface area contributed by atoms with Crippen molar-refractivity contribution in [3.8, 4) is 0 Å². The molecule has 1 rings (SSSR count). The van der Waals surface area contributed by atoms with Crippen molar-refractivity contribution in [3.05, 3.63) is 16.5 Å². The van der Waals surface area contributed by atoms with Crippen LogP contribution in [0.1, 0.15) is 29.1 Å². The van der Waals surface area contributed by atoms with E-state index in [9.17, 15) is 22.8 Å². The van der Waals surface area contributed by atoms with Gasteiger partial charge in [-0.05, 0) is 13.0 Å². The largest absolute Gasteiger partial charge is 0.462 e. The van der Waals surface area contributed by atoms with Crippen LogP contribution < -0.4 is 5.32 Å². The van der Waals surface area contributed by atoms with Crippen LogP contribution in [0.4, 0.5) is 18.2 Å². The summed E-state index contributed by atoms with van der Waals surface area (Å²) in [6.45, 7) is 2.71. The van der Waals surface area contributed by atoms with E-state index in [0.29, 0.717) is 17.4 Å². The molecule has 0 saturated heterocycles. The summed E-state index contributed by atoms with van der Waals surface area (Å²) in [5.74, 6) is -1.45. The van der Waals surface area contributed by atoms with E-state index in [1.165, 1.54) is 6.92 Å². The van der Waals surface area contributed by atoms with Gasteiger partial charge in [-0.3, -0.25) is 4.79 Å². The summed E-state index contributed by atoms with van der Waals surface area (Å²) in [7, 11) is 0. The zero-order valence-corrected chi connectivity index (χ0v) is 10.4. The maximum atomic E-state index is 12.5. The lowest BCUT2D eigenvalue weighted by Gasteiger charge is -2.03. The van der Waals surface area contributed by atoms with Crippen molar-refractivity contribution in [1.82, 2.24) is 0 Å². The highest BCUT2D eigenvalue weighted by atomic mass is 32.1. The number of ether oxygens (including phenoxy) is 1. The maximum Gasteiger partial charge on any atom is 0.425 e. The quantitative estimate of drug-likeness (QED) is 0.867. The molecule has 100 valence electrons. The van der Waals surface area contributed by atoms with E-state index in [1.807, 2.05) is 0 Å². The number of thiophene rings is 1. The minimum absolute atomic E-state index is 0.0372. The number of amides is 1. The van der Waals surface area contributed by atoms with Gasteiger partial charge < -0.3 is 10.1 Å². The molecule has 0 unspecified atom stereocenters. The summed E-state index contributed by atoms with van der Waals surface area (Å²) in [4.78, 5) is 21.4. The number of carbonyl (C=O) groups excluding carboxylic acids is 2. The Bertz CT molecular complexity index is 467. The van der Waals surface area contributed by atoms with E-state index in [-0.39, 0.29) is 17.2 Å². The summed E-state index contributed by atoms with van der Waals surface area (Å²) in [6.07, 6.45) is -4.57. The Morgan fingerprint density at radius 3 is 2.50 bits per heavy atom. The van der Waals surface area contributed by atoms with Crippen molar-refractivity contribution in [2.45, 2.75) is 20.0 Å². The van der Waals surface area contributed by atoms with Gasteiger partial charge in [-0.15, -0.1) is 11.3 Å². The molecule has 1 aromatic heterocycles. The molecule has 1 heterocycles. The molecule has 0 radical (unpaired) electrons. The standard InChI is InChI=1S/C10H10F3NO3S/c1-3-17-9(16)6-4-7(10(11,12)13)18-8(6)14-5(2)15/h4H,3H2,1-2H3,(H,14,15).